The Balaban J connectivity index is 2.78. The van der Waals surface area contributed by atoms with Crippen LogP contribution in [0.4, 0.5) is 5.82 Å². The summed E-state index contributed by atoms with van der Waals surface area (Å²) in [5.74, 6) is 6.73. The largest absolute Gasteiger partial charge is 0.308 e. The van der Waals surface area contributed by atoms with Crippen LogP contribution in [-0.2, 0) is 6.42 Å². The summed E-state index contributed by atoms with van der Waals surface area (Å²) in [5, 5.41) is 0. The molecule has 4 heteroatoms. The minimum atomic E-state index is 0.202. The maximum absolute atomic E-state index is 5.24. The molecule has 1 heterocycles. The predicted molar refractivity (Wildman–Crippen MR) is 53.0 cm³/mol. The molecule has 0 bridgehead atoms. The smallest absolute Gasteiger partial charge is 0.143 e. The monoisotopic (exact) mass is 180 g/mol. The van der Waals surface area contributed by atoms with E-state index in [1.54, 1.807) is 12.3 Å². The van der Waals surface area contributed by atoms with Gasteiger partial charge in [0.2, 0.25) is 0 Å². The summed E-state index contributed by atoms with van der Waals surface area (Å²) in [6.45, 7) is 6.46. The molecule has 0 aliphatic heterocycles. The number of nitrogen functional groups attached to an aromatic ring is 1. The minimum absolute atomic E-state index is 0.202. The summed E-state index contributed by atoms with van der Waals surface area (Å²) in [4.78, 5) is 8.40. The van der Waals surface area contributed by atoms with Gasteiger partial charge < -0.3 is 5.43 Å². The number of hydrogen-bond acceptors (Lipinski definition) is 4. The zero-order valence-electron chi connectivity index (χ0n) is 8.33. The second-order valence-electron chi connectivity index (χ2n) is 4.24. The molecule has 1 aromatic heterocycles. The molecule has 0 radical (unpaired) electrons. The first-order chi connectivity index (χ1) is 6.01. The number of nitrogens with zero attached hydrogens (tertiary/aromatic N) is 2. The molecular formula is C9H16N4. The normalized spacial score (nSPS) is 11.4. The molecule has 3 N–H and O–H groups in total. The predicted octanol–water partition coefficient (Wildman–Crippen LogP) is 1.35. The molecule has 0 atom stereocenters. The third-order valence-electron chi connectivity index (χ3n) is 1.54. The molecule has 1 aromatic rings. The number of anilines is 1. The van der Waals surface area contributed by atoms with Gasteiger partial charge in [-0.1, -0.05) is 20.8 Å². The molecule has 0 aliphatic carbocycles. The zero-order valence-corrected chi connectivity index (χ0v) is 8.33. The number of rotatable bonds is 2. The summed E-state index contributed by atoms with van der Waals surface area (Å²) in [7, 11) is 0. The molecule has 0 aromatic carbocycles. The first-order valence-corrected chi connectivity index (χ1v) is 4.30. The Morgan fingerprint density at radius 3 is 2.69 bits per heavy atom. The molecule has 0 saturated carbocycles. The van der Waals surface area contributed by atoms with Crippen molar-refractivity contribution in [2.24, 2.45) is 11.3 Å². The van der Waals surface area contributed by atoms with E-state index >= 15 is 0 Å². The van der Waals surface area contributed by atoms with E-state index in [1.165, 1.54) is 0 Å². The Hall–Kier alpha value is -1.16. The molecule has 0 saturated heterocycles. The van der Waals surface area contributed by atoms with E-state index in [4.69, 9.17) is 5.84 Å². The van der Waals surface area contributed by atoms with Crippen LogP contribution in [0.2, 0.25) is 0 Å². The van der Waals surface area contributed by atoms with Crippen LogP contribution in [0.3, 0.4) is 0 Å². The summed E-state index contributed by atoms with van der Waals surface area (Å²) in [5.41, 5.74) is 2.70. The molecule has 0 spiro atoms. The molecule has 0 amide bonds. The fourth-order valence-electron chi connectivity index (χ4n) is 1.04. The van der Waals surface area contributed by atoms with Gasteiger partial charge in [-0.25, -0.2) is 15.8 Å². The summed E-state index contributed by atoms with van der Waals surface area (Å²) < 4.78 is 0. The highest BCUT2D eigenvalue weighted by atomic mass is 15.3. The van der Waals surface area contributed by atoms with E-state index < -0.39 is 0 Å². The van der Waals surface area contributed by atoms with Crippen LogP contribution < -0.4 is 11.3 Å². The Bertz CT molecular complexity index is 277. The maximum atomic E-state index is 5.24. The average Bonchev–Trinajstić information content (AvgIpc) is 2.01. The third kappa shape index (κ3) is 3.38. The van der Waals surface area contributed by atoms with Crippen molar-refractivity contribution in [3.8, 4) is 0 Å². The number of hydrogen-bond donors (Lipinski definition) is 2. The first-order valence-electron chi connectivity index (χ1n) is 4.30. The number of nitrogens with one attached hydrogen (secondary N) is 1. The van der Waals surface area contributed by atoms with Gasteiger partial charge in [0.05, 0.1) is 0 Å². The quantitative estimate of drug-likeness (QED) is 0.532. The van der Waals surface area contributed by atoms with Gasteiger partial charge in [0.1, 0.15) is 11.6 Å². The molecule has 13 heavy (non-hydrogen) atoms. The lowest BCUT2D eigenvalue weighted by Crippen LogP contribution is -2.14. The zero-order chi connectivity index (χ0) is 9.90. The van der Waals surface area contributed by atoms with Gasteiger partial charge in [-0.05, 0) is 5.41 Å². The van der Waals surface area contributed by atoms with Crippen molar-refractivity contribution in [3.63, 3.8) is 0 Å². The van der Waals surface area contributed by atoms with Crippen molar-refractivity contribution in [2.45, 2.75) is 27.2 Å². The number of nitrogens with two attached hydrogens (primary N) is 1. The van der Waals surface area contributed by atoms with Crippen molar-refractivity contribution in [1.29, 1.82) is 0 Å². The van der Waals surface area contributed by atoms with Crippen molar-refractivity contribution in [2.75, 3.05) is 5.43 Å². The molecular weight excluding hydrogens is 164 g/mol. The Morgan fingerprint density at radius 1 is 1.46 bits per heavy atom. The fraction of sp³-hybridized carbons (Fsp3) is 0.556. The van der Waals surface area contributed by atoms with Gasteiger partial charge in [0, 0.05) is 18.7 Å². The highest BCUT2D eigenvalue weighted by molar-refractivity contribution is 5.30. The van der Waals surface area contributed by atoms with Crippen LogP contribution in [0.5, 0.6) is 0 Å². The number of hydrazine groups is 1. The Morgan fingerprint density at radius 2 is 2.15 bits per heavy atom. The topological polar surface area (TPSA) is 63.8 Å². The number of aromatic nitrogens is 2. The highest BCUT2D eigenvalue weighted by Crippen LogP contribution is 2.18. The molecule has 72 valence electrons. The molecule has 0 fully saturated rings. The van der Waals surface area contributed by atoms with E-state index in [-0.39, 0.29) is 5.41 Å². The van der Waals surface area contributed by atoms with E-state index in [9.17, 15) is 0 Å². The Kier molecular flexibility index (Phi) is 2.83. The molecule has 0 aliphatic rings. The van der Waals surface area contributed by atoms with Crippen LogP contribution in [-0.4, -0.2) is 9.97 Å². The van der Waals surface area contributed by atoms with Crippen molar-refractivity contribution in [1.82, 2.24) is 9.97 Å². The van der Waals surface area contributed by atoms with E-state index in [0.29, 0.717) is 5.82 Å². The van der Waals surface area contributed by atoms with Gasteiger partial charge in [-0.3, -0.25) is 0 Å². The summed E-state index contributed by atoms with van der Waals surface area (Å²) in [6, 6.07) is 1.74. The van der Waals surface area contributed by atoms with Crippen LogP contribution >= 0.6 is 0 Å². The molecule has 1 rings (SSSR count). The molecule has 0 unspecified atom stereocenters. The summed E-state index contributed by atoms with van der Waals surface area (Å²) >= 11 is 0. The van der Waals surface area contributed by atoms with Gasteiger partial charge in [0.15, 0.2) is 0 Å². The minimum Gasteiger partial charge on any atom is -0.308 e. The fourth-order valence-corrected chi connectivity index (χ4v) is 1.04. The second kappa shape index (κ2) is 3.70. The van der Waals surface area contributed by atoms with E-state index in [1.807, 2.05) is 0 Å². The Labute approximate surface area is 78.6 Å². The summed E-state index contributed by atoms with van der Waals surface area (Å²) in [6.07, 6.45) is 2.56. The van der Waals surface area contributed by atoms with Crippen LogP contribution in [0.1, 0.15) is 26.6 Å². The van der Waals surface area contributed by atoms with Crippen LogP contribution in [0, 0.1) is 5.41 Å². The van der Waals surface area contributed by atoms with Crippen molar-refractivity contribution >= 4 is 5.82 Å². The SMILES string of the molecule is CC(C)(C)Cc1nccc(NN)n1. The first kappa shape index (κ1) is 9.92. The lowest BCUT2D eigenvalue weighted by molar-refractivity contribution is 0.401. The van der Waals surface area contributed by atoms with Gasteiger partial charge in [0.25, 0.3) is 0 Å². The average molecular weight is 180 g/mol. The highest BCUT2D eigenvalue weighted by Gasteiger charge is 2.13. The maximum Gasteiger partial charge on any atom is 0.143 e. The lowest BCUT2D eigenvalue weighted by atomic mass is 9.92. The third-order valence-corrected chi connectivity index (χ3v) is 1.54. The second-order valence-corrected chi connectivity index (χ2v) is 4.24. The molecule has 4 nitrogen and oxygen atoms in total. The van der Waals surface area contributed by atoms with Gasteiger partial charge in [-0.2, -0.15) is 0 Å². The van der Waals surface area contributed by atoms with E-state index in [0.717, 1.165) is 12.2 Å². The van der Waals surface area contributed by atoms with Crippen LogP contribution in [0.25, 0.3) is 0 Å². The van der Waals surface area contributed by atoms with Crippen molar-refractivity contribution < 1.29 is 0 Å². The van der Waals surface area contributed by atoms with Gasteiger partial charge >= 0.3 is 0 Å². The van der Waals surface area contributed by atoms with Crippen molar-refractivity contribution in [3.05, 3.63) is 18.1 Å². The standard InChI is InChI=1S/C9H16N4/c1-9(2,3)6-8-11-5-4-7(12-8)13-10/h4-5H,6,10H2,1-3H3,(H,11,12,13). The lowest BCUT2D eigenvalue weighted by Gasteiger charge is -2.16. The van der Waals surface area contributed by atoms with Crippen LogP contribution in [0.15, 0.2) is 12.3 Å². The van der Waals surface area contributed by atoms with Gasteiger partial charge in [-0.15, -0.1) is 0 Å². The van der Waals surface area contributed by atoms with E-state index in [2.05, 4.69) is 36.2 Å².